The van der Waals surface area contributed by atoms with E-state index in [-0.39, 0.29) is 0 Å². The quantitative estimate of drug-likeness (QED) is 0.734. The van der Waals surface area contributed by atoms with Gasteiger partial charge in [0.25, 0.3) is 0 Å². The summed E-state index contributed by atoms with van der Waals surface area (Å²) >= 11 is 1.54. The second kappa shape index (κ2) is 6.45. The summed E-state index contributed by atoms with van der Waals surface area (Å²) in [4.78, 5) is 15.1. The molecule has 0 spiro atoms. The number of aromatic nitrogens is 1. The minimum Gasteiger partial charge on any atom is -0.486 e. The maximum atomic E-state index is 10.6. The lowest BCUT2D eigenvalue weighted by Gasteiger charge is -2.08. The third-order valence-corrected chi connectivity index (χ3v) is 3.54. The second-order valence-corrected chi connectivity index (χ2v) is 5.77. The number of nitrogens with two attached hydrogens (primary N) is 1. The van der Waals surface area contributed by atoms with Gasteiger partial charge in [0.2, 0.25) is 0 Å². The summed E-state index contributed by atoms with van der Waals surface area (Å²) in [6.45, 7) is 4.50. The van der Waals surface area contributed by atoms with E-state index in [2.05, 4.69) is 24.1 Å². The monoisotopic (exact) mass is 307 g/mol. The second-order valence-electron chi connectivity index (χ2n) is 4.83. The molecule has 0 saturated carbocycles. The lowest BCUT2D eigenvalue weighted by molar-refractivity contribution is 0.209. The molecule has 1 amide bonds. The number of thiazole rings is 1. The molecule has 2 aromatic rings. The number of carboxylic acid groups (broad SMARTS) is 1. The number of benzene rings is 1. The van der Waals surface area contributed by atoms with Crippen molar-refractivity contribution in [3.8, 4) is 5.75 Å². The molecule has 0 radical (unpaired) electrons. The minimum atomic E-state index is -1.15. The Kier molecular flexibility index (Phi) is 4.64. The van der Waals surface area contributed by atoms with Gasteiger partial charge in [-0.2, -0.15) is 0 Å². The molecule has 0 bridgehead atoms. The van der Waals surface area contributed by atoms with Gasteiger partial charge in [0.05, 0.1) is 5.69 Å². The van der Waals surface area contributed by atoms with Crippen LogP contribution in [0.25, 0.3) is 0 Å². The fourth-order valence-electron chi connectivity index (χ4n) is 1.70. The van der Waals surface area contributed by atoms with Crippen LogP contribution in [-0.2, 0) is 6.61 Å². The Morgan fingerprint density at radius 2 is 2.24 bits per heavy atom. The number of carbonyl (C=O) groups is 1. The summed E-state index contributed by atoms with van der Waals surface area (Å²) in [7, 11) is 0. The van der Waals surface area contributed by atoms with E-state index in [1.54, 1.807) is 12.1 Å². The normalized spacial score (nSPS) is 10.6. The fourth-order valence-corrected chi connectivity index (χ4v) is 2.57. The first-order chi connectivity index (χ1) is 9.94. The molecule has 1 aromatic carbocycles. The minimum absolute atomic E-state index is 0.327. The number of nitrogens with zero attached hydrogens (tertiary/aromatic N) is 1. The molecule has 0 aliphatic rings. The molecule has 2 rings (SSSR count). The highest BCUT2D eigenvalue weighted by atomic mass is 32.1. The highest BCUT2D eigenvalue weighted by Gasteiger charge is 2.07. The molecule has 0 unspecified atom stereocenters. The summed E-state index contributed by atoms with van der Waals surface area (Å²) < 4.78 is 5.62. The first-order valence-corrected chi connectivity index (χ1v) is 7.29. The van der Waals surface area contributed by atoms with Crippen LogP contribution in [0, 0.1) is 0 Å². The zero-order valence-corrected chi connectivity index (χ0v) is 12.6. The first-order valence-electron chi connectivity index (χ1n) is 6.41. The van der Waals surface area contributed by atoms with E-state index in [0.29, 0.717) is 29.6 Å². The third-order valence-electron chi connectivity index (χ3n) is 2.70. The van der Waals surface area contributed by atoms with Crippen molar-refractivity contribution in [1.82, 2.24) is 4.98 Å². The molecule has 4 N–H and O–H groups in total. The number of nitrogens with one attached hydrogen (secondary N) is 1. The number of hydrogen-bond donors (Lipinski definition) is 3. The SMILES string of the molecule is CC(C)c1csc(COc2cc(N)cc(NC(=O)O)c2)n1. The predicted molar refractivity (Wildman–Crippen MR) is 83.0 cm³/mol. The van der Waals surface area contributed by atoms with Crippen molar-refractivity contribution in [2.24, 2.45) is 0 Å². The van der Waals surface area contributed by atoms with Gasteiger partial charge in [-0.1, -0.05) is 13.8 Å². The number of hydrogen-bond acceptors (Lipinski definition) is 5. The van der Waals surface area contributed by atoms with Crippen molar-refractivity contribution in [3.63, 3.8) is 0 Å². The summed E-state index contributed by atoms with van der Waals surface area (Å²) in [5.74, 6) is 0.883. The van der Waals surface area contributed by atoms with Crippen molar-refractivity contribution >= 4 is 28.8 Å². The van der Waals surface area contributed by atoms with Crippen LogP contribution < -0.4 is 15.8 Å². The van der Waals surface area contributed by atoms with Gasteiger partial charge >= 0.3 is 6.09 Å². The maximum absolute atomic E-state index is 10.6. The Bertz CT molecular complexity index is 640. The van der Waals surface area contributed by atoms with Gasteiger partial charge in [-0.3, -0.25) is 5.32 Å². The smallest absolute Gasteiger partial charge is 0.409 e. The first kappa shape index (κ1) is 15.1. The topological polar surface area (TPSA) is 97.5 Å². The van der Waals surface area contributed by atoms with Gasteiger partial charge in [-0.25, -0.2) is 9.78 Å². The highest BCUT2D eigenvalue weighted by Crippen LogP contribution is 2.24. The number of amides is 1. The van der Waals surface area contributed by atoms with Gasteiger partial charge in [0.15, 0.2) is 0 Å². The molecule has 7 heteroatoms. The van der Waals surface area contributed by atoms with Crippen molar-refractivity contribution in [3.05, 3.63) is 34.3 Å². The van der Waals surface area contributed by atoms with E-state index < -0.39 is 6.09 Å². The van der Waals surface area contributed by atoms with Crippen molar-refractivity contribution in [1.29, 1.82) is 0 Å². The molecular weight excluding hydrogens is 290 g/mol. The molecular formula is C14H17N3O3S. The zero-order chi connectivity index (χ0) is 15.4. The Morgan fingerprint density at radius 3 is 2.86 bits per heavy atom. The van der Waals surface area contributed by atoms with Gasteiger partial charge in [-0.05, 0) is 12.0 Å². The van der Waals surface area contributed by atoms with Gasteiger partial charge < -0.3 is 15.6 Å². The molecule has 0 atom stereocenters. The number of nitrogen functional groups attached to an aromatic ring is 1. The van der Waals surface area contributed by atoms with E-state index in [1.807, 2.05) is 5.38 Å². The molecule has 1 heterocycles. The summed E-state index contributed by atoms with van der Waals surface area (Å²) in [6, 6.07) is 4.76. The summed E-state index contributed by atoms with van der Waals surface area (Å²) in [5.41, 5.74) is 7.57. The Hall–Kier alpha value is -2.28. The van der Waals surface area contributed by atoms with E-state index >= 15 is 0 Å². The van der Waals surface area contributed by atoms with Crippen LogP contribution >= 0.6 is 11.3 Å². The summed E-state index contributed by atoms with van der Waals surface area (Å²) in [5, 5.41) is 13.8. The molecule has 0 aliphatic carbocycles. The van der Waals surface area contributed by atoms with Crippen LogP contribution in [-0.4, -0.2) is 16.2 Å². The van der Waals surface area contributed by atoms with E-state index in [4.69, 9.17) is 15.6 Å². The Labute approximate surface area is 126 Å². The Morgan fingerprint density at radius 1 is 1.48 bits per heavy atom. The van der Waals surface area contributed by atoms with Crippen LogP contribution in [0.4, 0.5) is 16.2 Å². The van der Waals surface area contributed by atoms with Crippen LogP contribution in [0.5, 0.6) is 5.75 Å². The lowest BCUT2D eigenvalue weighted by atomic mass is 10.2. The van der Waals surface area contributed by atoms with Crippen molar-refractivity contribution in [2.75, 3.05) is 11.1 Å². The Balaban J connectivity index is 2.04. The van der Waals surface area contributed by atoms with E-state index in [0.717, 1.165) is 10.7 Å². The molecule has 112 valence electrons. The average Bonchev–Trinajstić information content (AvgIpc) is 2.83. The van der Waals surface area contributed by atoms with Gasteiger partial charge in [0, 0.05) is 28.9 Å². The van der Waals surface area contributed by atoms with E-state index in [9.17, 15) is 4.79 Å². The maximum Gasteiger partial charge on any atom is 0.409 e. The largest absolute Gasteiger partial charge is 0.486 e. The third kappa shape index (κ3) is 4.35. The standard InChI is InChI=1S/C14H17N3O3S/c1-8(2)12-7-21-13(17-12)6-20-11-4-9(15)3-10(5-11)16-14(18)19/h3-5,7-8,16H,6,15H2,1-2H3,(H,18,19). The number of ether oxygens (including phenoxy) is 1. The van der Waals surface area contributed by atoms with Gasteiger partial charge in [-0.15, -0.1) is 11.3 Å². The fraction of sp³-hybridized carbons (Fsp3) is 0.286. The zero-order valence-electron chi connectivity index (χ0n) is 11.8. The molecule has 0 aliphatic heterocycles. The van der Waals surface area contributed by atoms with Crippen LogP contribution in [0.1, 0.15) is 30.5 Å². The highest BCUT2D eigenvalue weighted by molar-refractivity contribution is 7.09. The van der Waals surface area contributed by atoms with Crippen LogP contribution in [0.15, 0.2) is 23.6 Å². The predicted octanol–water partition coefficient (Wildman–Crippen LogP) is 3.52. The lowest BCUT2D eigenvalue weighted by Crippen LogP contribution is -2.08. The van der Waals surface area contributed by atoms with Crippen molar-refractivity contribution in [2.45, 2.75) is 26.4 Å². The van der Waals surface area contributed by atoms with Crippen LogP contribution in [0.3, 0.4) is 0 Å². The summed E-state index contributed by atoms with van der Waals surface area (Å²) in [6.07, 6.45) is -1.15. The van der Waals surface area contributed by atoms with Gasteiger partial charge in [0.1, 0.15) is 17.4 Å². The molecule has 1 aromatic heterocycles. The van der Waals surface area contributed by atoms with Crippen molar-refractivity contribution < 1.29 is 14.6 Å². The molecule has 0 fully saturated rings. The van der Waals surface area contributed by atoms with E-state index in [1.165, 1.54) is 17.4 Å². The average molecular weight is 307 g/mol. The molecule has 21 heavy (non-hydrogen) atoms. The number of rotatable bonds is 5. The van der Waals surface area contributed by atoms with Crippen LogP contribution in [0.2, 0.25) is 0 Å². The molecule has 6 nitrogen and oxygen atoms in total. The molecule has 0 saturated heterocycles. The number of anilines is 2.